The minimum Gasteiger partial charge on any atom is -0.381 e. The Bertz CT molecular complexity index is 471. The quantitative estimate of drug-likeness (QED) is 0.937. The number of anilines is 1. The molecule has 0 fully saturated rings. The van der Waals surface area contributed by atoms with Gasteiger partial charge >= 0.3 is 0 Å². The second-order valence-corrected chi connectivity index (χ2v) is 4.42. The largest absolute Gasteiger partial charge is 0.381 e. The predicted molar refractivity (Wildman–Crippen MR) is 68.2 cm³/mol. The fourth-order valence-electron chi connectivity index (χ4n) is 1.33. The van der Waals surface area contributed by atoms with E-state index in [0.29, 0.717) is 0 Å². The summed E-state index contributed by atoms with van der Waals surface area (Å²) >= 11 is 3.51. The van der Waals surface area contributed by atoms with Gasteiger partial charge in [0.25, 0.3) is 0 Å². The third kappa shape index (κ3) is 2.79. The molecule has 0 spiro atoms. The highest BCUT2D eigenvalue weighted by molar-refractivity contribution is 9.10. The highest BCUT2D eigenvalue weighted by atomic mass is 79.9. The summed E-state index contributed by atoms with van der Waals surface area (Å²) in [5, 5.41) is 3.32. The molecule has 0 saturated carbocycles. The van der Waals surface area contributed by atoms with Crippen molar-refractivity contribution in [2.75, 3.05) is 5.32 Å². The van der Waals surface area contributed by atoms with Crippen molar-refractivity contribution in [3.63, 3.8) is 0 Å². The van der Waals surface area contributed by atoms with Gasteiger partial charge in [0.1, 0.15) is 6.33 Å². The van der Waals surface area contributed by atoms with Gasteiger partial charge in [-0.2, -0.15) is 0 Å². The van der Waals surface area contributed by atoms with E-state index in [1.165, 1.54) is 11.9 Å². The van der Waals surface area contributed by atoms with Crippen LogP contribution in [0.2, 0.25) is 0 Å². The summed E-state index contributed by atoms with van der Waals surface area (Å²) in [5.41, 5.74) is 3.38. The molecule has 0 atom stereocenters. The van der Waals surface area contributed by atoms with Crippen LogP contribution in [0.1, 0.15) is 11.1 Å². The van der Waals surface area contributed by atoms with E-state index < -0.39 is 0 Å². The molecule has 0 aliphatic carbocycles. The van der Waals surface area contributed by atoms with Crippen molar-refractivity contribution in [2.45, 2.75) is 13.5 Å². The number of hydrogen-bond donors (Lipinski definition) is 1. The van der Waals surface area contributed by atoms with Crippen molar-refractivity contribution in [2.24, 2.45) is 0 Å². The number of nitrogens with one attached hydrogen (secondary N) is 1. The van der Waals surface area contributed by atoms with E-state index in [-0.39, 0.29) is 0 Å². The Morgan fingerprint density at radius 2 is 2.00 bits per heavy atom. The molecule has 0 aliphatic heterocycles. The number of aryl methyl sites for hydroxylation is 1. The van der Waals surface area contributed by atoms with Gasteiger partial charge in [-0.05, 0) is 24.6 Å². The Balaban J connectivity index is 2.03. The Morgan fingerprint density at radius 3 is 2.69 bits per heavy atom. The first-order valence-electron chi connectivity index (χ1n) is 4.99. The average Bonchev–Trinajstić information content (AvgIpc) is 2.32. The van der Waals surface area contributed by atoms with Crippen molar-refractivity contribution in [1.82, 2.24) is 9.97 Å². The summed E-state index contributed by atoms with van der Waals surface area (Å²) in [4.78, 5) is 7.94. The second-order valence-electron chi connectivity index (χ2n) is 3.56. The zero-order valence-electron chi connectivity index (χ0n) is 8.94. The molecule has 1 N–H and O–H groups in total. The van der Waals surface area contributed by atoms with Crippen molar-refractivity contribution in [3.05, 3.63) is 52.5 Å². The van der Waals surface area contributed by atoms with E-state index in [1.807, 2.05) is 12.4 Å². The van der Waals surface area contributed by atoms with Gasteiger partial charge in [0.05, 0.1) is 0 Å². The third-order valence-electron chi connectivity index (χ3n) is 2.28. The molecular weight excluding hydrogens is 266 g/mol. The topological polar surface area (TPSA) is 37.8 Å². The SMILES string of the molecule is Cc1ccc(NCc2cncnc2)cc1Br. The van der Waals surface area contributed by atoms with Crippen LogP contribution in [0.25, 0.3) is 0 Å². The van der Waals surface area contributed by atoms with E-state index in [2.05, 4.69) is 56.3 Å². The minimum atomic E-state index is 0.732. The molecule has 0 aliphatic rings. The fourth-order valence-corrected chi connectivity index (χ4v) is 1.71. The fraction of sp³-hybridized carbons (Fsp3) is 0.167. The molecule has 0 radical (unpaired) electrons. The maximum Gasteiger partial charge on any atom is 0.115 e. The monoisotopic (exact) mass is 277 g/mol. The smallest absolute Gasteiger partial charge is 0.115 e. The highest BCUT2D eigenvalue weighted by Gasteiger charge is 1.97. The van der Waals surface area contributed by atoms with Gasteiger partial charge in [-0.25, -0.2) is 9.97 Å². The molecule has 1 aromatic carbocycles. The summed E-state index contributed by atoms with van der Waals surface area (Å²) in [6.45, 7) is 2.80. The Morgan fingerprint density at radius 1 is 1.25 bits per heavy atom. The van der Waals surface area contributed by atoms with Gasteiger partial charge in [-0.15, -0.1) is 0 Å². The van der Waals surface area contributed by atoms with E-state index >= 15 is 0 Å². The van der Waals surface area contributed by atoms with Crippen LogP contribution in [0.3, 0.4) is 0 Å². The van der Waals surface area contributed by atoms with Gasteiger partial charge in [-0.3, -0.25) is 0 Å². The lowest BCUT2D eigenvalue weighted by Gasteiger charge is -2.07. The number of aromatic nitrogens is 2. The maximum absolute atomic E-state index is 3.97. The zero-order chi connectivity index (χ0) is 11.4. The first-order valence-corrected chi connectivity index (χ1v) is 5.79. The number of halogens is 1. The van der Waals surface area contributed by atoms with Crippen LogP contribution in [-0.2, 0) is 6.54 Å². The van der Waals surface area contributed by atoms with Gasteiger partial charge in [0.2, 0.25) is 0 Å². The lowest BCUT2D eigenvalue weighted by atomic mass is 10.2. The van der Waals surface area contributed by atoms with Crippen LogP contribution >= 0.6 is 15.9 Å². The summed E-state index contributed by atoms with van der Waals surface area (Å²) in [6, 6.07) is 6.21. The third-order valence-corrected chi connectivity index (χ3v) is 3.14. The molecule has 4 heteroatoms. The van der Waals surface area contributed by atoms with E-state index in [9.17, 15) is 0 Å². The summed E-state index contributed by atoms with van der Waals surface area (Å²) in [7, 11) is 0. The van der Waals surface area contributed by atoms with Gasteiger partial charge in [0.15, 0.2) is 0 Å². The van der Waals surface area contributed by atoms with E-state index in [4.69, 9.17) is 0 Å². The molecule has 82 valence electrons. The molecule has 0 amide bonds. The van der Waals surface area contributed by atoms with Gasteiger partial charge in [0, 0.05) is 34.7 Å². The van der Waals surface area contributed by atoms with E-state index in [0.717, 1.165) is 22.3 Å². The lowest BCUT2D eigenvalue weighted by molar-refractivity contribution is 1.05. The molecule has 0 bridgehead atoms. The molecule has 1 heterocycles. The molecular formula is C12H12BrN3. The number of hydrogen-bond acceptors (Lipinski definition) is 3. The molecule has 16 heavy (non-hydrogen) atoms. The van der Waals surface area contributed by atoms with Crippen molar-refractivity contribution >= 4 is 21.6 Å². The Labute approximate surface area is 103 Å². The predicted octanol–water partition coefficient (Wildman–Crippen LogP) is 3.16. The van der Waals surface area contributed by atoms with Crippen LogP contribution in [-0.4, -0.2) is 9.97 Å². The Hall–Kier alpha value is -1.42. The standard InChI is InChI=1S/C12H12BrN3/c1-9-2-3-11(4-12(9)13)16-7-10-5-14-8-15-6-10/h2-6,8,16H,7H2,1H3. The van der Waals surface area contributed by atoms with Crippen LogP contribution in [0, 0.1) is 6.92 Å². The zero-order valence-corrected chi connectivity index (χ0v) is 10.5. The first-order chi connectivity index (χ1) is 7.75. The molecule has 1 aromatic heterocycles. The summed E-state index contributed by atoms with van der Waals surface area (Å²) < 4.78 is 1.11. The number of nitrogens with zero attached hydrogens (tertiary/aromatic N) is 2. The molecule has 0 saturated heterocycles. The molecule has 3 nitrogen and oxygen atoms in total. The van der Waals surface area contributed by atoms with Gasteiger partial charge in [-0.1, -0.05) is 22.0 Å². The normalized spacial score (nSPS) is 10.1. The first kappa shape index (κ1) is 11.1. The summed E-state index contributed by atoms with van der Waals surface area (Å²) in [5.74, 6) is 0. The van der Waals surface area contributed by atoms with Crippen LogP contribution in [0.5, 0.6) is 0 Å². The van der Waals surface area contributed by atoms with Crippen LogP contribution < -0.4 is 5.32 Å². The average molecular weight is 278 g/mol. The lowest BCUT2D eigenvalue weighted by Crippen LogP contribution is -2.00. The van der Waals surface area contributed by atoms with Crippen molar-refractivity contribution in [1.29, 1.82) is 0 Å². The molecule has 2 aromatic rings. The van der Waals surface area contributed by atoms with Crippen molar-refractivity contribution < 1.29 is 0 Å². The maximum atomic E-state index is 3.97. The van der Waals surface area contributed by atoms with Gasteiger partial charge < -0.3 is 5.32 Å². The highest BCUT2D eigenvalue weighted by Crippen LogP contribution is 2.20. The van der Waals surface area contributed by atoms with Crippen molar-refractivity contribution in [3.8, 4) is 0 Å². The van der Waals surface area contributed by atoms with Crippen LogP contribution in [0.4, 0.5) is 5.69 Å². The molecule has 2 rings (SSSR count). The number of rotatable bonds is 3. The summed E-state index contributed by atoms with van der Waals surface area (Å²) in [6.07, 6.45) is 5.15. The van der Waals surface area contributed by atoms with E-state index in [1.54, 1.807) is 0 Å². The second kappa shape index (κ2) is 5.07. The Kier molecular flexibility index (Phi) is 3.51. The van der Waals surface area contributed by atoms with Crippen LogP contribution in [0.15, 0.2) is 41.4 Å². The number of benzene rings is 1. The minimum absolute atomic E-state index is 0.732. The molecule has 0 unspecified atom stereocenters.